The monoisotopic (exact) mass is 1340 g/mol. The number of carbonyl (C=O) groups excluding carboxylic acids is 4. The third-order valence-corrected chi connectivity index (χ3v) is 19.6. The van der Waals surface area contributed by atoms with E-state index in [2.05, 4.69) is 55.4 Å². The van der Waals surface area contributed by atoms with Crippen LogP contribution in [0, 0.1) is 23.7 Å². The van der Waals surface area contributed by atoms with Crippen molar-refractivity contribution in [2.75, 3.05) is 39.6 Å². The number of phosphoric acid groups is 2. The van der Waals surface area contributed by atoms with Crippen LogP contribution in [0.3, 0.4) is 0 Å². The summed E-state index contributed by atoms with van der Waals surface area (Å²) >= 11 is 0. The molecule has 0 bridgehead atoms. The molecular formula is C72H140O17P2. The van der Waals surface area contributed by atoms with Crippen LogP contribution >= 0.6 is 15.6 Å². The molecule has 19 heteroatoms. The van der Waals surface area contributed by atoms with Crippen LogP contribution in [0.15, 0.2) is 0 Å². The fraction of sp³-hybridized carbons (Fsp3) is 0.944. The highest BCUT2D eigenvalue weighted by atomic mass is 31.2. The van der Waals surface area contributed by atoms with Crippen molar-refractivity contribution in [3.05, 3.63) is 0 Å². The first-order chi connectivity index (χ1) is 43.7. The molecule has 0 aliphatic heterocycles. The first-order valence-corrected chi connectivity index (χ1v) is 40.3. The summed E-state index contributed by atoms with van der Waals surface area (Å²) in [5.74, 6) is 0.938. The van der Waals surface area contributed by atoms with Gasteiger partial charge >= 0.3 is 39.5 Å². The van der Waals surface area contributed by atoms with Gasteiger partial charge in [-0.25, -0.2) is 9.13 Å². The summed E-state index contributed by atoms with van der Waals surface area (Å²) in [6.45, 7) is 14.1. The van der Waals surface area contributed by atoms with Gasteiger partial charge in [0.1, 0.15) is 19.3 Å². The normalized spacial score (nSPS) is 15.1. The zero-order chi connectivity index (χ0) is 67.5. The summed E-state index contributed by atoms with van der Waals surface area (Å²) in [4.78, 5) is 72.6. The van der Waals surface area contributed by atoms with Gasteiger partial charge in [0.2, 0.25) is 0 Å². The lowest BCUT2D eigenvalue weighted by atomic mass is 9.99. The van der Waals surface area contributed by atoms with Gasteiger partial charge in [-0.15, -0.1) is 0 Å². The Morgan fingerprint density at radius 2 is 0.527 bits per heavy atom. The molecule has 0 radical (unpaired) electrons. The second kappa shape index (κ2) is 61.6. The molecule has 540 valence electrons. The molecule has 17 nitrogen and oxygen atoms in total. The molecule has 0 aromatic rings. The van der Waals surface area contributed by atoms with E-state index >= 15 is 0 Å². The van der Waals surface area contributed by atoms with Crippen molar-refractivity contribution in [3.63, 3.8) is 0 Å². The average Bonchev–Trinajstić information content (AvgIpc) is 3.60. The Bertz CT molecular complexity index is 1800. The second-order valence-electron chi connectivity index (χ2n) is 27.2. The first-order valence-electron chi connectivity index (χ1n) is 37.3. The minimum absolute atomic E-state index is 0.103. The lowest BCUT2D eigenvalue weighted by molar-refractivity contribution is -0.161. The number of esters is 4. The number of carbonyl (C=O) groups is 4. The molecule has 5 unspecified atom stereocenters. The third kappa shape index (κ3) is 62.6. The van der Waals surface area contributed by atoms with E-state index < -0.39 is 97.5 Å². The molecule has 91 heavy (non-hydrogen) atoms. The van der Waals surface area contributed by atoms with E-state index in [1.807, 2.05) is 0 Å². The van der Waals surface area contributed by atoms with Crippen LogP contribution < -0.4 is 0 Å². The maximum atomic E-state index is 13.0. The zero-order valence-electron chi connectivity index (χ0n) is 59.5. The number of aliphatic hydroxyl groups is 1. The maximum Gasteiger partial charge on any atom is 0.472 e. The SMILES string of the molecule is CCC(C)CCCCCCCCCCCCCCCCC(=O)OC[C@H](COP(=O)(O)OC[C@@H](O)COP(=O)(O)OC[C@@H](COC(=O)CCCCCCCCC(C)CC)OC(=O)CCCCCCCCCCC(C)C)OC(=O)CCCCCCCCCCC(C)CC. The summed E-state index contributed by atoms with van der Waals surface area (Å²) in [7, 11) is -9.91. The van der Waals surface area contributed by atoms with Crippen LogP contribution in [0.4, 0.5) is 0 Å². The molecule has 0 fully saturated rings. The van der Waals surface area contributed by atoms with Crippen LogP contribution in [0.5, 0.6) is 0 Å². The van der Waals surface area contributed by atoms with Crippen molar-refractivity contribution in [2.45, 2.75) is 375 Å². The Hall–Kier alpha value is -1.94. The standard InChI is InChI=1S/C72H140O17P2/c1-9-63(6)49-41-33-25-18-16-14-12-13-15-17-19-27-36-44-52-69(74)82-58-67(88-72(77)55-47-39-29-23-21-26-34-42-50-64(7)10-2)60-86-90(78,79)84-56-66(73)57-85-91(80,81)87-61-68(59-83-70(75)53-45-37-31-30-35-43-51-65(8)11-3)89-71(76)54-46-38-28-22-20-24-32-40-48-62(4)5/h62-68,73H,9-61H2,1-8H3,(H,78,79)(H,80,81)/t63?,64?,65?,66-,67-,68-/m1/s1. The van der Waals surface area contributed by atoms with Gasteiger partial charge in [-0.2, -0.15) is 0 Å². The number of aliphatic hydroxyl groups excluding tert-OH is 1. The summed E-state index contributed by atoms with van der Waals surface area (Å²) < 4.78 is 68.3. The number of unbranched alkanes of at least 4 members (excludes halogenated alkanes) is 32. The van der Waals surface area contributed by atoms with Crippen LogP contribution in [0.1, 0.15) is 357 Å². The van der Waals surface area contributed by atoms with Crippen molar-refractivity contribution in [2.24, 2.45) is 23.7 Å². The van der Waals surface area contributed by atoms with Crippen LogP contribution in [-0.4, -0.2) is 96.7 Å². The van der Waals surface area contributed by atoms with Gasteiger partial charge in [-0.05, 0) is 49.4 Å². The largest absolute Gasteiger partial charge is 0.472 e. The lowest BCUT2D eigenvalue weighted by Gasteiger charge is -2.21. The highest BCUT2D eigenvalue weighted by molar-refractivity contribution is 7.47. The van der Waals surface area contributed by atoms with E-state index in [4.69, 9.17) is 37.0 Å². The van der Waals surface area contributed by atoms with Crippen LogP contribution in [0.25, 0.3) is 0 Å². The third-order valence-electron chi connectivity index (χ3n) is 17.7. The van der Waals surface area contributed by atoms with E-state index in [1.165, 1.54) is 154 Å². The molecule has 0 aliphatic rings. The van der Waals surface area contributed by atoms with Crippen molar-refractivity contribution in [1.29, 1.82) is 0 Å². The first kappa shape index (κ1) is 89.1. The molecule has 0 spiro atoms. The average molecular weight is 1340 g/mol. The van der Waals surface area contributed by atoms with Crippen LogP contribution in [-0.2, 0) is 65.4 Å². The fourth-order valence-corrected chi connectivity index (χ4v) is 12.3. The zero-order valence-corrected chi connectivity index (χ0v) is 61.3. The van der Waals surface area contributed by atoms with E-state index in [0.717, 1.165) is 120 Å². The number of hydrogen-bond donors (Lipinski definition) is 3. The van der Waals surface area contributed by atoms with Crippen molar-refractivity contribution in [1.82, 2.24) is 0 Å². The summed E-state index contributed by atoms with van der Waals surface area (Å²) in [6.07, 6.45) is 44.4. The second-order valence-corrected chi connectivity index (χ2v) is 30.1. The van der Waals surface area contributed by atoms with Crippen molar-refractivity contribution >= 4 is 39.5 Å². The lowest BCUT2D eigenvalue weighted by Crippen LogP contribution is -2.30. The summed E-state index contributed by atoms with van der Waals surface area (Å²) in [5, 5.41) is 10.6. The molecule has 0 aromatic carbocycles. The molecular weight excluding hydrogens is 1200 g/mol. The van der Waals surface area contributed by atoms with Gasteiger partial charge < -0.3 is 33.8 Å². The van der Waals surface area contributed by atoms with E-state index in [-0.39, 0.29) is 25.7 Å². The van der Waals surface area contributed by atoms with Gasteiger partial charge in [0, 0.05) is 25.7 Å². The predicted molar refractivity (Wildman–Crippen MR) is 367 cm³/mol. The smallest absolute Gasteiger partial charge is 0.462 e. The van der Waals surface area contributed by atoms with E-state index in [0.29, 0.717) is 25.7 Å². The van der Waals surface area contributed by atoms with E-state index in [9.17, 15) is 43.2 Å². The quantitative estimate of drug-likeness (QED) is 0.0222. The fourth-order valence-electron chi connectivity index (χ4n) is 10.7. The molecule has 8 atom stereocenters. The van der Waals surface area contributed by atoms with Crippen molar-refractivity contribution < 1.29 is 80.2 Å². The van der Waals surface area contributed by atoms with Gasteiger partial charge in [0.15, 0.2) is 12.2 Å². The minimum atomic E-state index is -4.95. The molecule has 0 saturated heterocycles. The highest BCUT2D eigenvalue weighted by Gasteiger charge is 2.30. The Balaban J connectivity index is 5.23. The Kier molecular flexibility index (Phi) is 60.3. The molecule has 3 N–H and O–H groups in total. The number of phosphoric ester groups is 2. The highest BCUT2D eigenvalue weighted by Crippen LogP contribution is 2.45. The van der Waals surface area contributed by atoms with Crippen molar-refractivity contribution in [3.8, 4) is 0 Å². The molecule has 0 aromatic heterocycles. The minimum Gasteiger partial charge on any atom is -0.462 e. The van der Waals surface area contributed by atoms with Gasteiger partial charge in [0.05, 0.1) is 26.4 Å². The molecule has 0 heterocycles. The Morgan fingerprint density at radius 1 is 0.308 bits per heavy atom. The van der Waals surface area contributed by atoms with Gasteiger partial charge in [-0.3, -0.25) is 37.3 Å². The molecule has 0 rings (SSSR count). The van der Waals surface area contributed by atoms with E-state index in [1.54, 1.807) is 0 Å². The summed E-state index contributed by atoms with van der Waals surface area (Å²) in [6, 6.07) is 0. The van der Waals surface area contributed by atoms with Gasteiger partial charge in [0.25, 0.3) is 0 Å². The Morgan fingerprint density at radius 3 is 0.780 bits per heavy atom. The maximum absolute atomic E-state index is 13.0. The number of ether oxygens (including phenoxy) is 4. The number of hydrogen-bond acceptors (Lipinski definition) is 15. The molecule has 0 saturated carbocycles. The predicted octanol–water partition coefficient (Wildman–Crippen LogP) is 20.5. The van der Waals surface area contributed by atoms with Gasteiger partial charge in [-0.1, -0.05) is 306 Å². The summed E-state index contributed by atoms with van der Waals surface area (Å²) in [5.41, 5.74) is 0. The van der Waals surface area contributed by atoms with Crippen LogP contribution in [0.2, 0.25) is 0 Å². The number of rotatable bonds is 69. The Labute approximate surface area is 556 Å². The molecule has 0 amide bonds. The topological polar surface area (TPSA) is 237 Å². The molecule has 0 aliphatic carbocycles.